The summed E-state index contributed by atoms with van der Waals surface area (Å²) in [4.78, 5) is 39.8. The molecule has 9 nitrogen and oxygen atoms in total. The molecule has 0 bridgehead atoms. The van der Waals surface area contributed by atoms with Gasteiger partial charge in [-0.05, 0) is 49.6 Å². The van der Waals surface area contributed by atoms with Crippen molar-refractivity contribution in [1.29, 1.82) is 0 Å². The lowest BCUT2D eigenvalue weighted by Gasteiger charge is -2.23. The summed E-state index contributed by atoms with van der Waals surface area (Å²) < 4.78 is 16.5. The van der Waals surface area contributed by atoms with Crippen LogP contribution < -0.4 is 24.8 Å². The fraction of sp³-hybridized carbons (Fsp3) is 0.423. The summed E-state index contributed by atoms with van der Waals surface area (Å²) in [5.41, 5.74) is 2.36. The highest BCUT2D eigenvalue weighted by Crippen LogP contribution is 2.32. The number of ether oxygens (including phenoxy) is 3. The van der Waals surface area contributed by atoms with E-state index in [4.69, 9.17) is 14.2 Å². The third kappa shape index (κ3) is 6.65. The number of fused-ring (bicyclic) bond motifs is 2. The second-order valence-electron chi connectivity index (χ2n) is 8.63. The Kier molecular flexibility index (Phi) is 8.07. The summed E-state index contributed by atoms with van der Waals surface area (Å²) in [6.07, 6.45) is 1.72. The van der Waals surface area contributed by atoms with Crippen LogP contribution in [0, 0.1) is 6.92 Å². The lowest BCUT2D eigenvalue weighted by atomic mass is 10.1. The van der Waals surface area contributed by atoms with Gasteiger partial charge in [-0.15, -0.1) is 0 Å². The first-order chi connectivity index (χ1) is 17.0. The third-order valence-electron chi connectivity index (χ3n) is 5.98. The van der Waals surface area contributed by atoms with Crippen molar-refractivity contribution < 1.29 is 28.6 Å². The molecular weight excluding hydrogens is 450 g/mol. The molecule has 0 saturated heterocycles. The van der Waals surface area contributed by atoms with E-state index in [0.717, 1.165) is 11.1 Å². The van der Waals surface area contributed by atoms with Crippen molar-refractivity contribution in [1.82, 2.24) is 15.5 Å². The van der Waals surface area contributed by atoms with Gasteiger partial charge in [0.15, 0.2) is 11.5 Å². The molecule has 0 aliphatic carbocycles. The molecule has 3 amide bonds. The number of nitrogens with one attached hydrogen (secondary N) is 2. The van der Waals surface area contributed by atoms with Gasteiger partial charge in [0, 0.05) is 32.5 Å². The summed E-state index contributed by atoms with van der Waals surface area (Å²) >= 11 is 0. The number of carbonyl (C=O) groups is 3. The van der Waals surface area contributed by atoms with Gasteiger partial charge in [0.05, 0.1) is 12.1 Å². The van der Waals surface area contributed by atoms with Crippen LogP contribution in [0.5, 0.6) is 17.2 Å². The summed E-state index contributed by atoms with van der Waals surface area (Å²) in [6.45, 7) is 3.81. The van der Waals surface area contributed by atoms with E-state index in [1.165, 1.54) is 0 Å². The average Bonchev–Trinajstić information content (AvgIpc) is 3.32. The third-order valence-corrected chi connectivity index (χ3v) is 5.98. The van der Waals surface area contributed by atoms with Gasteiger partial charge in [-0.3, -0.25) is 14.4 Å². The molecule has 2 aliphatic heterocycles. The number of hydrogen-bond acceptors (Lipinski definition) is 6. The number of rotatable bonds is 3. The Morgan fingerprint density at radius 2 is 1.77 bits per heavy atom. The van der Waals surface area contributed by atoms with Crippen LogP contribution in [0.4, 0.5) is 0 Å². The number of carbonyl (C=O) groups excluding carboxylic acids is 3. The molecule has 0 spiro atoms. The minimum atomic E-state index is -0.254. The zero-order valence-corrected chi connectivity index (χ0v) is 19.9. The number of nitrogens with zero attached hydrogens (tertiary/aromatic N) is 1. The van der Waals surface area contributed by atoms with E-state index >= 15 is 0 Å². The maximum absolute atomic E-state index is 13.0. The van der Waals surface area contributed by atoms with E-state index in [9.17, 15) is 14.4 Å². The molecular formula is C26H31N3O6. The Morgan fingerprint density at radius 1 is 0.943 bits per heavy atom. The highest BCUT2D eigenvalue weighted by molar-refractivity contribution is 5.97. The Balaban J connectivity index is 1.40. The molecule has 0 atom stereocenters. The molecule has 0 aromatic heterocycles. The molecule has 4 rings (SSSR count). The molecule has 0 saturated carbocycles. The maximum atomic E-state index is 13.0. The van der Waals surface area contributed by atoms with Crippen LogP contribution in [0.1, 0.15) is 40.7 Å². The molecule has 2 N–H and O–H groups in total. The Morgan fingerprint density at radius 3 is 2.66 bits per heavy atom. The molecule has 2 aliphatic rings. The van der Waals surface area contributed by atoms with Crippen LogP contribution in [-0.4, -0.2) is 62.2 Å². The van der Waals surface area contributed by atoms with Crippen molar-refractivity contribution in [3.63, 3.8) is 0 Å². The number of aryl methyl sites for hydroxylation is 2. The van der Waals surface area contributed by atoms with Gasteiger partial charge >= 0.3 is 0 Å². The first-order valence-corrected chi connectivity index (χ1v) is 11.9. The van der Waals surface area contributed by atoms with Gasteiger partial charge in [0.2, 0.25) is 18.6 Å². The van der Waals surface area contributed by atoms with Crippen LogP contribution in [0.15, 0.2) is 36.4 Å². The molecule has 2 heterocycles. The second-order valence-corrected chi connectivity index (χ2v) is 8.63. The molecule has 0 fully saturated rings. The SMILES string of the molecule is Cc1ccc2c(c1)C(=O)NCCN(C(=O)CCc1ccc3c(c1)OCO3)CCCC(=O)NCCO2. The molecule has 0 radical (unpaired) electrons. The summed E-state index contributed by atoms with van der Waals surface area (Å²) in [5.74, 6) is 1.50. The van der Waals surface area contributed by atoms with E-state index in [0.29, 0.717) is 74.7 Å². The first-order valence-electron chi connectivity index (χ1n) is 11.9. The van der Waals surface area contributed by atoms with Gasteiger partial charge in [-0.2, -0.15) is 0 Å². The second kappa shape index (κ2) is 11.6. The number of benzene rings is 2. The van der Waals surface area contributed by atoms with Gasteiger partial charge in [0.1, 0.15) is 12.4 Å². The van der Waals surface area contributed by atoms with Crippen molar-refractivity contribution in [2.75, 3.05) is 39.6 Å². The van der Waals surface area contributed by atoms with Crippen molar-refractivity contribution in [3.8, 4) is 17.2 Å². The highest BCUT2D eigenvalue weighted by atomic mass is 16.7. The van der Waals surface area contributed by atoms with Gasteiger partial charge in [-0.25, -0.2) is 0 Å². The van der Waals surface area contributed by atoms with E-state index < -0.39 is 0 Å². The highest BCUT2D eigenvalue weighted by Gasteiger charge is 2.18. The average molecular weight is 482 g/mol. The van der Waals surface area contributed by atoms with Gasteiger partial charge in [-0.1, -0.05) is 17.7 Å². The van der Waals surface area contributed by atoms with E-state index in [1.54, 1.807) is 17.0 Å². The van der Waals surface area contributed by atoms with E-state index in [1.807, 2.05) is 31.2 Å². The lowest BCUT2D eigenvalue weighted by molar-refractivity contribution is -0.131. The van der Waals surface area contributed by atoms with Crippen molar-refractivity contribution in [3.05, 3.63) is 53.1 Å². The summed E-state index contributed by atoms with van der Waals surface area (Å²) in [7, 11) is 0. The largest absolute Gasteiger partial charge is 0.491 e. The molecule has 9 heteroatoms. The quantitative estimate of drug-likeness (QED) is 0.696. The van der Waals surface area contributed by atoms with Gasteiger partial charge in [0.25, 0.3) is 5.91 Å². The predicted octanol–water partition coefficient (Wildman–Crippen LogP) is 2.20. The van der Waals surface area contributed by atoms with Crippen LogP contribution in [-0.2, 0) is 16.0 Å². The molecule has 186 valence electrons. The minimum Gasteiger partial charge on any atom is -0.491 e. The standard InChI is InChI=1S/C26H31N3O6/c1-18-4-7-21-20(15-18)26(32)28-10-13-29(12-2-3-24(30)27-11-14-33-21)25(31)9-6-19-5-8-22-23(16-19)35-17-34-22/h4-5,7-8,15-16H,2-3,6,9-14,17H2,1H3,(H,27,30)(H,28,32). The first kappa shape index (κ1) is 24.4. The van der Waals surface area contributed by atoms with Crippen molar-refractivity contribution >= 4 is 17.7 Å². The fourth-order valence-electron chi connectivity index (χ4n) is 4.08. The van der Waals surface area contributed by atoms with Crippen LogP contribution in [0.25, 0.3) is 0 Å². The zero-order chi connectivity index (χ0) is 24.6. The minimum absolute atomic E-state index is 0.0266. The Labute approximate surface area is 204 Å². The fourth-order valence-corrected chi connectivity index (χ4v) is 4.08. The topological polar surface area (TPSA) is 106 Å². The maximum Gasteiger partial charge on any atom is 0.255 e. The molecule has 35 heavy (non-hydrogen) atoms. The van der Waals surface area contributed by atoms with Crippen LogP contribution >= 0.6 is 0 Å². The van der Waals surface area contributed by atoms with E-state index in [-0.39, 0.29) is 31.1 Å². The molecule has 2 aromatic rings. The predicted molar refractivity (Wildman–Crippen MR) is 129 cm³/mol. The van der Waals surface area contributed by atoms with Crippen molar-refractivity contribution in [2.45, 2.75) is 32.6 Å². The normalized spacial score (nSPS) is 16.8. The van der Waals surface area contributed by atoms with Crippen LogP contribution in [0.2, 0.25) is 0 Å². The molecule has 0 unspecified atom stereocenters. The smallest absolute Gasteiger partial charge is 0.255 e. The Hall–Kier alpha value is -3.75. The number of amides is 3. The summed E-state index contributed by atoms with van der Waals surface area (Å²) in [6, 6.07) is 11.1. The van der Waals surface area contributed by atoms with Crippen LogP contribution in [0.3, 0.4) is 0 Å². The lowest BCUT2D eigenvalue weighted by Crippen LogP contribution is -2.39. The zero-order valence-electron chi connectivity index (χ0n) is 19.9. The summed E-state index contributed by atoms with van der Waals surface area (Å²) in [5, 5.41) is 5.73. The monoisotopic (exact) mass is 481 g/mol. The van der Waals surface area contributed by atoms with Gasteiger partial charge < -0.3 is 29.7 Å². The van der Waals surface area contributed by atoms with Crippen molar-refractivity contribution in [2.24, 2.45) is 0 Å². The Bertz CT molecular complexity index is 1090. The van der Waals surface area contributed by atoms with E-state index in [2.05, 4.69) is 10.6 Å². The molecule has 2 aromatic carbocycles. The number of hydrogen-bond donors (Lipinski definition) is 2.